The molecule has 1 aromatic carbocycles. The molecule has 13 nitrogen and oxygen atoms in total. The first-order valence-electron chi connectivity index (χ1n) is 22.3. The number of rotatable bonds is 23. The van der Waals surface area contributed by atoms with Gasteiger partial charge in [-0.1, -0.05) is 36.2 Å². The quantitative estimate of drug-likeness (QED) is 0.0648. The van der Waals surface area contributed by atoms with Crippen LogP contribution in [-0.4, -0.2) is 108 Å². The second-order valence-corrected chi connectivity index (χ2v) is 16.9. The van der Waals surface area contributed by atoms with Gasteiger partial charge in [0.05, 0.1) is 50.4 Å². The van der Waals surface area contributed by atoms with E-state index in [-0.39, 0.29) is 75.8 Å². The standard InChI is InChI=1S/C47H65N3O10/c1-3-24-58-47-42(50(20-26-55-27-23-53)46(54)33-16-17-33)30-40(49-60-43-15-6-9-25-56-43)38-28-34(12-4-7-21-51)37(14-5-8-22-52)44(45(38)47)39-29-36(18-19-41(39)59-47)57-31-35-13-10-11-32(2)48-35/h3,10-11,13,18-19,28-29,33-34,37,42-45,51-53H,1,4-9,12,14-17,20-27,30-31H2,2H3. The maximum absolute atomic E-state index is 14.6. The molecular weight excluding hydrogens is 767 g/mol. The van der Waals surface area contributed by atoms with Gasteiger partial charge in [-0.15, -0.1) is 6.58 Å². The fraction of sp³-hybridized carbons (Fsp3) is 0.638. The summed E-state index contributed by atoms with van der Waals surface area (Å²) >= 11 is 0. The van der Waals surface area contributed by atoms with Crippen LogP contribution in [0, 0.1) is 30.6 Å². The summed E-state index contributed by atoms with van der Waals surface area (Å²) in [4.78, 5) is 27.4. The summed E-state index contributed by atoms with van der Waals surface area (Å²) in [5.74, 6) is -0.537. The molecule has 1 aromatic heterocycles. The normalized spacial score (nSPS) is 27.6. The molecule has 2 aromatic rings. The molecule has 0 bridgehead atoms. The zero-order valence-electron chi connectivity index (χ0n) is 35.3. The number of hydrogen-bond donors (Lipinski definition) is 3. The lowest BCUT2D eigenvalue weighted by molar-refractivity contribution is -0.258. The van der Waals surface area contributed by atoms with Gasteiger partial charge >= 0.3 is 0 Å². The van der Waals surface area contributed by atoms with Crippen LogP contribution in [0.1, 0.15) is 99.9 Å². The summed E-state index contributed by atoms with van der Waals surface area (Å²) in [6, 6.07) is 11.3. The van der Waals surface area contributed by atoms with Gasteiger partial charge < -0.3 is 48.7 Å². The molecule has 7 rings (SSSR count). The topological polar surface area (TPSA) is 162 Å². The minimum atomic E-state index is -1.36. The van der Waals surface area contributed by atoms with Crippen molar-refractivity contribution in [3.8, 4) is 11.5 Å². The molecule has 3 fully saturated rings. The minimum absolute atomic E-state index is 0.0223. The first-order chi connectivity index (χ1) is 29.4. The zero-order chi connectivity index (χ0) is 41.9. The molecule has 3 aliphatic carbocycles. The number of unbranched alkanes of at least 4 members (excludes halogenated alkanes) is 2. The number of oxime groups is 1. The first kappa shape index (κ1) is 44.2. The van der Waals surface area contributed by atoms with Gasteiger partial charge in [0, 0.05) is 55.7 Å². The number of amides is 1. The van der Waals surface area contributed by atoms with E-state index >= 15 is 0 Å². The van der Waals surface area contributed by atoms with Crippen LogP contribution in [-0.2, 0) is 30.4 Å². The van der Waals surface area contributed by atoms with E-state index in [1.807, 2.05) is 42.2 Å². The van der Waals surface area contributed by atoms with E-state index < -0.39 is 24.0 Å². The molecule has 3 N–H and O–H groups in total. The van der Waals surface area contributed by atoms with Crippen molar-refractivity contribution in [2.45, 2.75) is 115 Å². The number of carbonyl (C=O) groups is 1. The molecule has 5 aliphatic rings. The number of aryl methyl sites for hydroxylation is 1. The van der Waals surface area contributed by atoms with Crippen LogP contribution in [0.2, 0.25) is 0 Å². The van der Waals surface area contributed by atoms with Gasteiger partial charge in [0.25, 0.3) is 0 Å². The predicted octanol–water partition coefficient (Wildman–Crippen LogP) is 6.38. The van der Waals surface area contributed by atoms with E-state index in [4.69, 9.17) is 33.7 Å². The van der Waals surface area contributed by atoms with Crippen molar-refractivity contribution < 1.29 is 48.6 Å². The van der Waals surface area contributed by atoms with E-state index in [0.717, 1.165) is 86.0 Å². The number of aliphatic hydroxyl groups excluding tert-OH is 3. The number of aliphatic hydroxyl groups is 3. The van der Waals surface area contributed by atoms with Gasteiger partial charge in [0.2, 0.25) is 18.0 Å². The highest BCUT2D eigenvalue weighted by molar-refractivity contribution is 6.03. The average Bonchev–Trinajstić information content (AvgIpc) is 4.12. The second kappa shape index (κ2) is 21.3. The number of allylic oxidation sites excluding steroid dienone is 1. The first-order valence-corrected chi connectivity index (χ1v) is 22.3. The predicted molar refractivity (Wildman–Crippen MR) is 225 cm³/mol. The monoisotopic (exact) mass is 831 g/mol. The van der Waals surface area contributed by atoms with Crippen LogP contribution in [0.15, 0.2) is 65.9 Å². The largest absolute Gasteiger partial charge is 0.487 e. The van der Waals surface area contributed by atoms with Gasteiger partial charge in [-0.25, -0.2) is 0 Å². The SMILES string of the molecule is C=CCOC12Oc3ccc(OCc4cccc(C)n4)cc3C3C(CCCCO)C(CCCCO)C=C(C(=NOC4CCCCO4)CC1N(CCOCCO)C(=O)C1CC1)C32. The average molecular weight is 832 g/mol. The fourth-order valence-corrected chi connectivity index (χ4v) is 9.81. The molecule has 13 heteroatoms. The number of carbonyl (C=O) groups excluding carboxylic acids is 1. The van der Waals surface area contributed by atoms with Gasteiger partial charge in [-0.05, 0) is 106 Å². The second-order valence-electron chi connectivity index (χ2n) is 16.9. The summed E-state index contributed by atoms with van der Waals surface area (Å²) in [5, 5.41) is 34.4. The fourth-order valence-electron chi connectivity index (χ4n) is 9.81. The maximum atomic E-state index is 14.6. The van der Waals surface area contributed by atoms with Crippen LogP contribution in [0.25, 0.3) is 0 Å². The van der Waals surface area contributed by atoms with E-state index in [2.05, 4.69) is 23.7 Å². The van der Waals surface area contributed by atoms with Crippen molar-refractivity contribution in [1.82, 2.24) is 9.88 Å². The Hall–Kier alpha value is -3.85. The Balaban J connectivity index is 1.40. The Morgan fingerprint density at radius 3 is 2.60 bits per heavy atom. The van der Waals surface area contributed by atoms with Crippen molar-refractivity contribution >= 4 is 11.6 Å². The van der Waals surface area contributed by atoms with Crippen molar-refractivity contribution in [1.29, 1.82) is 0 Å². The molecule has 60 heavy (non-hydrogen) atoms. The summed E-state index contributed by atoms with van der Waals surface area (Å²) in [5.41, 5.74) is 4.44. The molecule has 7 atom stereocenters. The highest BCUT2D eigenvalue weighted by Crippen LogP contribution is 2.62. The molecule has 1 saturated heterocycles. The van der Waals surface area contributed by atoms with E-state index in [0.29, 0.717) is 44.0 Å². The van der Waals surface area contributed by atoms with E-state index in [1.165, 1.54) is 0 Å². The van der Waals surface area contributed by atoms with Crippen LogP contribution < -0.4 is 9.47 Å². The molecule has 7 unspecified atom stereocenters. The number of fused-ring (bicyclic) bond motifs is 2. The number of nitrogens with zero attached hydrogens (tertiary/aromatic N) is 3. The number of hydrogen-bond acceptors (Lipinski definition) is 12. The summed E-state index contributed by atoms with van der Waals surface area (Å²) in [6.07, 6.45) is 12.9. The van der Waals surface area contributed by atoms with Crippen LogP contribution >= 0.6 is 0 Å². The molecule has 328 valence electrons. The maximum Gasteiger partial charge on any atom is 0.239 e. The Bertz CT molecular complexity index is 1790. The van der Waals surface area contributed by atoms with Crippen LogP contribution in [0.3, 0.4) is 0 Å². The third-order valence-corrected chi connectivity index (χ3v) is 12.7. The lowest BCUT2D eigenvalue weighted by Crippen LogP contribution is -2.70. The highest BCUT2D eigenvalue weighted by Gasteiger charge is 2.66. The highest BCUT2D eigenvalue weighted by atomic mass is 16.8. The Morgan fingerprint density at radius 1 is 1.03 bits per heavy atom. The van der Waals surface area contributed by atoms with E-state index in [9.17, 15) is 20.1 Å². The summed E-state index contributed by atoms with van der Waals surface area (Å²) in [7, 11) is 0. The van der Waals surface area contributed by atoms with Crippen LogP contribution in [0.5, 0.6) is 11.5 Å². The Kier molecular flexibility index (Phi) is 15.7. The lowest BCUT2D eigenvalue weighted by atomic mass is 9.55. The minimum Gasteiger partial charge on any atom is -0.487 e. The molecule has 0 radical (unpaired) electrons. The number of ether oxygens (including phenoxy) is 5. The zero-order valence-corrected chi connectivity index (χ0v) is 35.3. The third-order valence-electron chi connectivity index (χ3n) is 12.7. The molecule has 3 heterocycles. The van der Waals surface area contributed by atoms with Crippen molar-refractivity contribution in [3.63, 3.8) is 0 Å². The summed E-state index contributed by atoms with van der Waals surface area (Å²) < 4.78 is 32.7. The molecule has 2 saturated carbocycles. The van der Waals surface area contributed by atoms with Gasteiger partial charge in [-0.3, -0.25) is 9.78 Å². The Labute approximate surface area is 354 Å². The Morgan fingerprint density at radius 2 is 1.87 bits per heavy atom. The molecule has 2 aliphatic heterocycles. The third kappa shape index (κ3) is 10.3. The van der Waals surface area contributed by atoms with E-state index in [1.54, 1.807) is 6.08 Å². The number of aromatic nitrogens is 1. The van der Waals surface area contributed by atoms with Crippen LogP contribution in [0.4, 0.5) is 0 Å². The smallest absolute Gasteiger partial charge is 0.239 e. The van der Waals surface area contributed by atoms with Crippen molar-refractivity contribution in [3.05, 3.63) is 77.7 Å². The number of benzene rings is 1. The van der Waals surface area contributed by atoms with Gasteiger partial charge in [-0.2, -0.15) is 0 Å². The van der Waals surface area contributed by atoms with Gasteiger partial charge in [0.15, 0.2) is 0 Å². The van der Waals surface area contributed by atoms with Crippen molar-refractivity contribution in [2.24, 2.45) is 28.8 Å². The number of pyridine rings is 1. The molecular formula is C47H65N3O10. The van der Waals surface area contributed by atoms with Gasteiger partial charge in [0.1, 0.15) is 24.1 Å². The summed E-state index contributed by atoms with van der Waals surface area (Å²) in [6.45, 7) is 7.85. The molecule has 1 amide bonds. The lowest BCUT2D eigenvalue weighted by Gasteiger charge is -2.60. The van der Waals surface area contributed by atoms with Crippen molar-refractivity contribution in [2.75, 3.05) is 52.8 Å². The molecule has 0 spiro atoms.